The number of allylic oxidation sites excluding steroid dienone is 1. The van der Waals surface area contributed by atoms with Crippen molar-refractivity contribution in [3.8, 4) is 0 Å². The van der Waals surface area contributed by atoms with Crippen molar-refractivity contribution >= 4 is 5.97 Å². The summed E-state index contributed by atoms with van der Waals surface area (Å²) in [6, 6.07) is 0. The lowest BCUT2D eigenvalue weighted by atomic mass is 9.38. The molecule has 4 saturated carbocycles. The van der Waals surface area contributed by atoms with Gasteiger partial charge in [0.05, 0.1) is 5.60 Å². The molecule has 130 valence electrons. The topological polar surface area (TPSA) is 57.5 Å². The van der Waals surface area contributed by atoms with Gasteiger partial charge in [0.15, 0.2) is 0 Å². The zero-order valence-corrected chi connectivity index (χ0v) is 14.9. The Morgan fingerprint density at radius 2 is 1.91 bits per heavy atom. The summed E-state index contributed by atoms with van der Waals surface area (Å²) in [6.45, 7) is 10.7. The molecular weight excluding hydrogens is 288 g/mol. The summed E-state index contributed by atoms with van der Waals surface area (Å²) in [5.74, 6) is 0.632. The monoisotopic (exact) mass is 320 g/mol. The molecule has 0 heterocycles. The molecule has 0 aromatic heterocycles. The first-order valence-electron chi connectivity index (χ1n) is 9.20. The maximum Gasteiger partial charge on any atom is 0.303 e. The highest BCUT2D eigenvalue weighted by molar-refractivity contribution is 5.66. The summed E-state index contributed by atoms with van der Waals surface area (Å²) < 4.78 is 0. The molecule has 4 aliphatic rings. The summed E-state index contributed by atoms with van der Waals surface area (Å²) >= 11 is 0. The third-order valence-corrected chi connectivity index (χ3v) is 7.83. The minimum absolute atomic E-state index is 0.0116. The Morgan fingerprint density at radius 1 is 1.26 bits per heavy atom. The number of carboxylic acids is 1. The maximum absolute atomic E-state index is 11.2. The van der Waals surface area contributed by atoms with Crippen LogP contribution in [0.2, 0.25) is 0 Å². The van der Waals surface area contributed by atoms with Crippen molar-refractivity contribution in [3.05, 3.63) is 12.2 Å². The minimum Gasteiger partial charge on any atom is -0.481 e. The molecule has 0 amide bonds. The van der Waals surface area contributed by atoms with Gasteiger partial charge >= 0.3 is 5.97 Å². The molecule has 4 aliphatic carbocycles. The number of hydrogen-bond donors (Lipinski definition) is 2. The molecule has 23 heavy (non-hydrogen) atoms. The summed E-state index contributed by atoms with van der Waals surface area (Å²) in [7, 11) is 0. The van der Waals surface area contributed by atoms with Crippen molar-refractivity contribution < 1.29 is 15.0 Å². The summed E-state index contributed by atoms with van der Waals surface area (Å²) in [4.78, 5) is 11.2. The summed E-state index contributed by atoms with van der Waals surface area (Å²) in [6.07, 6.45) is 7.56. The molecule has 0 aliphatic heterocycles. The SMILES string of the molecule is C=C(C)[C@H]1CC[C@]23CC[C@H](C[C@@H]2[C@]1(C)CCC(=O)O)[C@](C)(O)C3. The Labute approximate surface area is 140 Å². The summed E-state index contributed by atoms with van der Waals surface area (Å²) in [5, 5.41) is 20.1. The van der Waals surface area contributed by atoms with Crippen LogP contribution in [-0.2, 0) is 4.79 Å². The standard InChI is InChI=1S/C20H32O3/c1-13(2)15-6-10-20-9-5-14(19(4,23)12-20)11-16(20)18(15,3)8-7-17(21)22/h14-16,23H,1,5-12H2,2-4H3,(H,21,22)/t14-,15-,16-,18-,19-,20+/m1/s1. The first-order valence-corrected chi connectivity index (χ1v) is 9.20. The first kappa shape index (κ1) is 17.0. The Kier molecular flexibility index (Phi) is 3.95. The third-order valence-electron chi connectivity index (χ3n) is 7.83. The lowest BCUT2D eigenvalue weighted by Crippen LogP contribution is -2.62. The Morgan fingerprint density at radius 3 is 2.48 bits per heavy atom. The predicted octanol–water partition coefficient (Wildman–Crippen LogP) is 4.40. The van der Waals surface area contributed by atoms with Gasteiger partial charge in [-0.05, 0) is 87.4 Å². The molecule has 3 heteroatoms. The molecule has 4 rings (SSSR count). The van der Waals surface area contributed by atoms with Crippen molar-refractivity contribution in [2.24, 2.45) is 28.6 Å². The van der Waals surface area contributed by atoms with Gasteiger partial charge in [0.2, 0.25) is 0 Å². The van der Waals surface area contributed by atoms with Crippen molar-refractivity contribution in [1.29, 1.82) is 0 Å². The fourth-order valence-electron chi connectivity index (χ4n) is 6.82. The van der Waals surface area contributed by atoms with Gasteiger partial charge in [-0.1, -0.05) is 19.1 Å². The third kappa shape index (κ3) is 2.56. The minimum atomic E-state index is -0.695. The lowest BCUT2D eigenvalue weighted by molar-refractivity contribution is -0.208. The van der Waals surface area contributed by atoms with E-state index in [2.05, 4.69) is 20.4 Å². The van der Waals surface area contributed by atoms with Crippen LogP contribution < -0.4 is 0 Å². The van der Waals surface area contributed by atoms with Crippen LogP contribution in [0.1, 0.15) is 72.1 Å². The average molecular weight is 320 g/mol. The zero-order chi connectivity index (χ0) is 17.0. The highest BCUT2D eigenvalue weighted by Crippen LogP contribution is 2.69. The second-order valence-electron chi connectivity index (χ2n) is 9.26. The van der Waals surface area contributed by atoms with Gasteiger partial charge < -0.3 is 10.2 Å². The lowest BCUT2D eigenvalue weighted by Gasteiger charge is -2.67. The van der Waals surface area contributed by atoms with E-state index in [-0.39, 0.29) is 17.3 Å². The van der Waals surface area contributed by atoms with Crippen LogP contribution in [0.15, 0.2) is 12.2 Å². The van der Waals surface area contributed by atoms with Crippen LogP contribution in [0.25, 0.3) is 0 Å². The van der Waals surface area contributed by atoms with Crippen LogP contribution in [0.5, 0.6) is 0 Å². The molecule has 1 spiro atoms. The van der Waals surface area contributed by atoms with Gasteiger partial charge in [0.1, 0.15) is 0 Å². The van der Waals surface area contributed by atoms with Gasteiger partial charge in [0, 0.05) is 6.42 Å². The van der Waals surface area contributed by atoms with E-state index in [4.69, 9.17) is 0 Å². The van der Waals surface area contributed by atoms with Gasteiger partial charge in [-0.25, -0.2) is 0 Å². The number of aliphatic hydroxyl groups is 1. The molecule has 0 aromatic carbocycles. The van der Waals surface area contributed by atoms with E-state index >= 15 is 0 Å². The summed E-state index contributed by atoms with van der Waals surface area (Å²) in [5.41, 5.74) is 0.911. The van der Waals surface area contributed by atoms with Crippen molar-refractivity contribution in [2.45, 2.75) is 77.7 Å². The molecular formula is C20H32O3. The Balaban J connectivity index is 1.96. The van der Waals surface area contributed by atoms with Gasteiger partial charge in [-0.15, -0.1) is 0 Å². The molecule has 0 radical (unpaired) electrons. The van der Waals surface area contributed by atoms with Crippen LogP contribution >= 0.6 is 0 Å². The molecule has 2 N–H and O–H groups in total. The van der Waals surface area contributed by atoms with E-state index in [0.717, 1.165) is 32.1 Å². The van der Waals surface area contributed by atoms with Gasteiger partial charge in [-0.3, -0.25) is 4.79 Å². The number of carboxylic acid groups (broad SMARTS) is 1. The van der Waals surface area contributed by atoms with E-state index in [0.29, 0.717) is 17.8 Å². The zero-order valence-electron chi connectivity index (χ0n) is 14.9. The second kappa shape index (κ2) is 5.34. The van der Waals surface area contributed by atoms with E-state index in [9.17, 15) is 15.0 Å². The molecule has 3 nitrogen and oxygen atoms in total. The largest absolute Gasteiger partial charge is 0.481 e. The Hall–Kier alpha value is -0.830. The molecule has 0 aromatic rings. The number of hydrogen-bond acceptors (Lipinski definition) is 2. The molecule has 2 bridgehead atoms. The Bertz CT molecular complexity index is 523. The average Bonchev–Trinajstić information content (AvgIpc) is 2.43. The highest BCUT2D eigenvalue weighted by atomic mass is 16.4. The highest BCUT2D eigenvalue weighted by Gasteiger charge is 2.63. The number of aliphatic carboxylic acids is 1. The second-order valence-corrected chi connectivity index (χ2v) is 9.26. The van der Waals surface area contributed by atoms with Gasteiger partial charge in [0.25, 0.3) is 0 Å². The fourth-order valence-corrected chi connectivity index (χ4v) is 6.82. The number of carbonyl (C=O) groups is 1. The van der Waals surface area contributed by atoms with Crippen LogP contribution in [0.3, 0.4) is 0 Å². The van der Waals surface area contributed by atoms with E-state index in [1.54, 1.807) is 0 Å². The van der Waals surface area contributed by atoms with Crippen LogP contribution in [0, 0.1) is 28.6 Å². The fraction of sp³-hybridized carbons (Fsp3) is 0.850. The first-order chi connectivity index (χ1) is 10.6. The van der Waals surface area contributed by atoms with E-state index in [1.807, 2.05) is 6.92 Å². The van der Waals surface area contributed by atoms with Crippen LogP contribution in [0.4, 0.5) is 0 Å². The molecule has 4 fully saturated rings. The quantitative estimate of drug-likeness (QED) is 0.755. The molecule has 0 saturated heterocycles. The normalized spacial score (nSPS) is 48.8. The molecule has 0 unspecified atom stereocenters. The maximum atomic E-state index is 11.2. The van der Waals surface area contributed by atoms with Crippen molar-refractivity contribution in [2.75, 3.05) is 0 Å². The van der Waals surface area contributed by atoms with E-state index < -0.39 is 11.6 Å². The smallest absolute Gasteiger partial charge is 0.303 e. The number of fused-ring (bicyclic) bond motifs is 2. The van der Waals surface area contributed by atoms with Gasteiger partial charge in [-0.2, -0.15) is 0 Å². The predicted molar refractivity (Wildman–Crippen MR) is 91.0 cm³/mol. The van der Waals surface area contributed by atoms with Crippen molar-refractivity contribution in [1.82, 2.24) is 0 Å². The van der Waals surface area contributed by atoms with Crippen molar-refractivity contribution in [3.63, 3.8) is 0 Å². The van der Waals surface area contributed by atoms with E-state index in [1.165, 1.54) is 18.4 Å². The van der Waals surface area contributed by atoms with Crippen LogP contribution in [-0.4, -0.2) is 21.8 Å². The molecule has 6 atom stereocenters. The number of rotatable bonds is 4.